The zero-order valence-corrected chi connectivity index (χ0v) is 19.2. The van der Waals surface area contributed by atoms with Gasteiger partial charge in [-0.3, -0.25) is 4.79 Å². The number of aryl methyl sites for hydroxylation is 3. The molecule has 2 aliphatic rings. The van der Waals surface area contributed by atoms with Gasteiger partial charge < -0.3 is 14.2 Å². The summed E-state index contributed by atoms with van der Waals surface area (Å²) in [5.41, 5.74) is 3.94. The van der Waals surface area contributed by atoms with Gasteiger partial charge in [-0.25, -0.2) is 9.97 Å². The highest BCUT2D eigenvalue weighted by Gasteiger charge is 2.43. The third-order valence-corrected chi connectivity index (χ3v) is 6.65. The number of ether oxygens (including phenoxy) is 1. The zero-order chi connectivity index (χ0) is 22.8. The number of piperidine rings is 1. The minimum atomic E-state index is -0.381. The van der Waals surface area contributed by atoms with Crippen molar-refractivity contribution < 1.29 is 14.1 Å². The van der Waals surface area contributed by atoms with Crippen molar-refractivity contribution in [1.82, 2.24) is 25.0 Å². The van der Waals surface area contributed by atoms with E-state index in [4.69, 9.17) is 14.2 Å². The largest absolute Gasteiger partial charge is 0.368 e. The van der Waals surface area contributed by atoms with Gasteiger partial charge in [-0.15, -0.1) is 0 Å². The Bertz CT molecular complexity index is 1130. The number of nitrogens with zero attached hydrogens (tertiary/aromatic N) is 5. The number of hydrogen-bond donors (Lipinski definition) is 0. The Morgan fingerprint density at radius 3 is 2.70 bits per heavy atom. The summed E-state index contributed by atoms with van der Waals surface area (Å²) in [5, 5.41) is 4.07. The lowest BCUT2D eigenvalue weighted by molar-refractivity contribution is -0.141. The predicted octanol–water partition coefficient (Wildman–Crippen LogP) is 3.56. The number of carbonyl (C=O) groups excluding carboxylic acids is 1. The summed E-state index contributed by atoms with van der Waals surface area (Å²) in [7, 11) is 0. The molecule has 1 fully saturated rings. The van der Waals surface area contributed by atoms with Crippen LogP contribution in [0.15, 0.2) is 35.0 Å². The van der Waals surface area contributed by atoms with Crippen LogP contribution in [0.1, 0.15) is 54.2 Å². The first-order valence-electron chi connectivity index (χ1n) is 11.7. The topological polar surface area (TPSA) is 94.2 Å². The van der Waals surface area contributed by atoms with Crippen LogP contribution in [0.5, 0.6) is 0 Å². The van der Waals surface area contributed by atoms with Crippen LogP contribution in [0, 0.1) is 13.8 Å². The summed E-state index contributed by atoms with van der Waals surface area (Å²) < 4.78 is 11.6. The molecule has 0 radical (unpaired) electrons. The fraction of sp³-hybridized carbons (Fsp3) is 0.480. The fourth-order valence-corrected chi connectivity index (χ4v) is 4.72. The molecule has 0 N–H and O–H groups in total. The van der Waals surface area contributed by atoms with Gasteiger partial charge in [0.1, 0.15) is 11.4 Å². The van der Waals surface area contributed by atoms with Crippen molar-refractivity contribution in [2.24, 2.45) is 0 Å². The van der Waals surface area contributed by atoms with E-state index in [1.807, 2.05) is 49.2 Å². The lowest BCUT2D eigenvalue weighted by atomic mass is 9.83. The molecular weight excluding hydrogens is 418 g/mol. The van der Waals surface area contributed by atoms with E-state index in [-0.39, 0.29) is 11.5 Å². The molecule has 2 aliphatic heterocycles. The Labute approximate surface area is 193 Å². The molecular formula is C25H29N5O3. The molecule has 3 aromatic rings. The van der Waals surface area contributed by atoms with Crippen molar-refractivity contribution in [3.63, 3.8) is 0 Å². The molecule has 0 atom stereocenters. The summed E-state index contributed by atoms with van der Waals surface area (Å²) in [6.07, 6.45) is 6.06. The molecule has 8 nitrogen and oxygen atoms in total. The molecule has 0 aliphatic carbocycles. The molecule has 4 heterocycles. The third-order valence-electron chi connectivity index (χ3n) is 6.65. The van der Waals surface area contributed by atoms with Gasteiger partial charge in [0, 0.05) is 37.7 Å². The quantitative estimate of drug-likeness (QED) is 0.590. The van der Waals surface area contributed by atoms with E-state index in [1.165, 1.54) is 11.1 Å². The van der Waals surface area contributed by atoms with Crippen molar-refractivity contribution in [2.45, 2.75) is 58.0 Å². The smallest absolute Gasteiger partial charge is 0.226 e. The van der Waals surface area contributed by atoms with Crippen molar-refractivity contribution >= 4 is 5.91 Å². The van der Waals surface area contributed by atoms with Crippen LogP contribution in [0.2, 0.25) is 0 Å². The van der Waals surface area contributed by atoms with Crippen molar-refractivity contribution in [3.8, 4) is 11.4 Å². The number of carbonyl (C=O) groups is 1. The molecule has 1 aromatic carbocycles. The van der Waals surface area contributed by atoms with Crippen molar-refractivity contribution in [3.05, 3.63) is 59.0 Å². The Balaban J connectivity index is 1.13. The Kier molecular flexibility index (Phi) is 5.93. The molecule has 1 amide bonds. The number of aromatic nitrogens is 4. The fourth-order valence-electron chi connectivity index (χ4n) is 4.72. The summed E-state index contributed by atoms with van der Waals surface area (Å²) >= 11 is 0. The number of benzene rings is 1. The molecule has 8 heteroatoms. The summed E-state index contributed by atoms with van der Waals surface area (Å²) in [6.45, 7) is 6.00. The molecule has 1 saturated heterocycles. The van der Waals surface area contributed by atoms with Crippen LogP contribution in [0.3, 0.4) is 0 Å². The minimum absolute atomic E-state index is 0.165. The number of amides is 1. The standard InChI is InChI=1S/C25H29N5O3/c1-17-6-8-19(9-7-17)24-28-21(33-29-24)4-3-5-22(31)30-13-11-25(12-14-30)23-20(10-15-32-25)16-26-18(2)27-23/h6-9,16H,3-5,10-15H2,1-2H3. The monoisotopic (exact) mass is 447 g/mol. The molecule has 1 spiro atoms. The molecule has 0 unspecified atom stereocenters. The normalized spacial score (nSPS) is 17.2. The van der Waals surface area contributed by atoms with Crippen LogP contribution in [0.25, 0.3) is 11.4 Å². The SMILES string of the molecule is Cc1ccc(-c2noc(CCCC(=O)N3CCC4(CC3)OCCc3cnc(C)nc34)n2)cc1. The molecule has 33 heavy (non-hydrogen) atoms. The lowest BCUT2D eigenvalue weighted by Crippen LogP contribution is -2.49. The van der Waals surface area contributed by atoms with E-state index in [0.717, 1.165) is 36.3 Å². The van der Waals surface area contributed by atoms with Gasteiger partial charge in [0.2, 0.25) is 17.6 Å². The highest BCUT2D eigenvalue weighted by atomic mass is 16.5. The van der Waals surface area contributed by atoms with Gasteiger partial charge in [-0.2, -0.15) is 4.98 Å². The second kappa shape index (κ2) is 9.02. The van der Waals surface area contributed by atoms with Gasteiger partial charge in [-0.1, -0.05) is 35.0 Å². The number of hydrogen-bond acceptors (Lipinski definition) is 7. The first-order valence-corrected chi connectivity index (χ1v) is 11.7. The number of fused-ring (bicyclic) bond motifs is 2. The Morgan fingerprint density at radius 2 is 1.91 bits per heavy atom. The van der Waals surface area contributed by atoms with Gasteiger partial charge in [0.25, 0.3) is 0 Å². The van der Waals surface area contributed by atoms with Crippen LogP contribution in [-0.2, 0) is 28.0 Å². The van der Waals surface area contributed by atoms with Gasteiger partial charge in [0.05, 0.1) is 12.3 Å². The highest BCUT2D eigenvalue weighted by Crippen LogP contribution is 2.40. The summed E-state index contributed by atoms with van der Waals surface area (Å²) in [5.74, 6) is 2.09. The van der Waals surface area contributed by atoms with Gasteiger partial charge >= 0.3 is 0 Å². The Morgan fingerprint density at radius 1 is 1.12 bits per heavy atom. The predicted molar refractivity (Wildman–Crippen MR) is 121 cm³/mol. The van der Waals surface area contributed by atoms with Gasteiger partial charge in [0.15, 0.2) is 0 Å². The molecule has 2 aromatic heterocycles. The average Bonchev–Trinajstić information content (AvgIpc) is 3.29. The first kappa shape index (κ1) is 21.7. The van der Waals surface area contributed by atoms with Crippen LogP contribution in [0.4, 0.5) is 0 Å². The molecule has 5 rings (SSSR count). The van der Waals surface area contributed by atoms with E-state index in [1.54, 1.807) is 0 Å². The zero-order valence-electron chi connectivity index (χ0n) is 19.2. The maximum atomic E-state index is 12.8. The van der Waals surface area contributed by atoms with Crippen LogP contribution in [-0.4, -0.2) is 50.6 Å². The lowest BCUT2D eigenvalue weighted by Gasteiger charge is -2.44. The second-order valence-electron chi connectivity index (χ2n) is 9.00. The number of likely N-dealkylation sites (tertiary alicyclic amines) is 1. The van der Waals surface area contributed by atoms with Gasteiger partial charge in [-0.05, 0) is 45.1 Å². The second-order valence-corrected chi connectivity index (χ2v) is 9.00. The van der Waals surface area contributed by atoms with E-state index < -0.39 is 0 Å². The third kappa shape index (κ3) is 4.53. The highest BCUT2D eigenvalue weighted by molar-refractivity contribution is 5.76. The van der Waals surface area contributed by atoms with Crippen molar-refractivity contribution in [2.75, 3.05) is 19.7 Å². The maximum absolute atomic E-state index is 12.8. The average molecular weight is 448 g/mol. The summed E-state index contributed by atoms with van der Waals surface area (Å²) in [6, 6.07) is 8.02. The maximum Gasteiger partial charge on any atom is 0.226 e. The van der Waals surface area contributed by atoms with E-state index in [9.17, 15) is 4.79 Å². The van der Waals surface area contributed by atoms with E-state index in [0.29, 0.717) is 50.7 Å². The van der Waals surface area contributed by atoms with Crippen LogP contribution >= 0.6 is 0 Å². The molecule has 0 saturated carbocycles. The van der Waals surface area contributed by atoms with E-state index in [2.05, 4.69) is 15.1 Å². The number of rotatable bonds is 5. The summed E-state index contributed by atoms with van der Waals surface area (Å²) in [4.78, 5) is 28.3. The Hall–Kier alpha value is -3.13. The minimum Gasteiger partial charge on any atom is -0.368 e. The van der Waals surface area contributed by atoms with Crippen molar-refractivity contribution in [1.29, 1.82) is 0 Å². The molecule has 0 bridgehead atoms. The molecule has 172 valence electrons. The van der Waals surface area contributed by atoms with Crippen LogP contribution < -0.4 is 0 Å². The first-order chi connectivity index (χ1) is 16.0. The van der Waals surface area contributed by atoms with E-state index >= 15 is 0 Å².